The van der Waals surface area contributed by atoms with Gasteiger partial charge in [-0.05, 0) is 35.9 Å². The summed E-state index contributed by atoms with van der Waals surface area (Å²) in [5, 5.41) is 2.74. The number of amides is 2. The van der Waals surface area contributed by atoms with Crippen LogP contribution in [0.5, 0.6) is 0 Å². The standard InChI is InChI=1S/C16H14BrFN2OS/c17-12-4-2-6-14(10-12)19-16(21)20-7-8-22-15(20)11-3-1-5-13(18)9-11/h1-6,9-10,15H,7-8H2,(H,19,21)/t15-/m0/s1. The highest BCUT2D eigenvalue weighted by molar-refractivity contribution is 9.10. The molecule has 2 aromatic carbocycles. The van der Waals surface area contributed by atoms with E-state index in [9.17, 15) is 9.18 Å². The lowest BCUT2D eigenvalue weighted by molar-refractivity contribution is 0.214. The van der Waals surface area contributed by atoms with Gasteiger partial charge in [-0.2, -0.15) is 0 Å². The molecule has 1 N–H and O–H groups in total. The van der Waals surface area contributed by atoms with E-state index in [-0.39, 0.29) is 17.2 Å². The lowest BCUT2D eigenvalue weighted by Gasteiger charge is -2.24. The molecule has 2 aromatic rings. The summed E-state index contributed by atoms with van der Waals surface area (Å²) in [4.78, 5) is 14.2. The molecule has 1 aliphatic heterocycles. The second kappa shape index (κ2) is 6.71. The van der Waals surface area contributed by atoms with Crippen LogP contribution in [0.1, 0.15) is 10.9 Å². The number of carbonyl (C=O) groups excluding carboxylic acids is 1. The van der Waals surface area contributed by atoms with Gasteiger partial charge in [-0.25, -0.2) is 9.18 Å². The lowest BCUT2D eigenvalue weighted by Crippen LogP contribution is -2.34. The first-order valence-electron chi connectivity index (χ1n) is 6.84. The minimum absolute atomic E-state index is 0.150. The van der Waals surface area contributed by atoms with Crippen molar-refractivity contribution in [3.8, 4) is 0 Å². The fourth-order valence-corrected chi connectivity index (χ4v) is 4.02. The van der Waals surface area contributed by atoms with Gasteiger partial charge in [0.05, 0.1) is 0 Å². The highest BCUT2D eigenvalue weighted by atomic mass is 79.9. The van der Waals surface area contributed by atoms with E-state index in [2.05, 4.69) is 21.2 Å². The van der Waals surface area contributed by atoms with Crippen LogP contribution in [0.4, 0.5) is 14.9 Å². The predicted molar refractivity (Wildman–Crippen MR) is 91.5 cm³/mol. The summed E-state index contributed by atoms with van der Waals surface area (Å²) in [5.41, 5.74) is 1.54. The molecule has 1 aliphatic rings. The average molecular weight is 381 g/mol. The van der Waals surface area contributed by atoms with Crippen molar-refractivity contribution in [2.24, 2.45) is 0 Å². The zero-order valence-corrected chi connectivity index (χ0v) is 14.0. The molecule has 1 fully saturated rings. The molecular formula is C16H14BrFN2OS. The molecule has 0 aromatic heterocycles. The van der Waals surface area contributed by atoms with Crippen molar-refractivity contribution in [1.29, 1.82) is 0 Å². The molecule has 0 spiro atoms. The van der Waals surface area contributed by atoms with Crippen LogP contribution in [-0.4, -0.2) is 23.2 Å². The molecule has 1 heterocycles. The Balaban J connectivity index is 1.76. The molecule has 2 amide bonds. The third-order valence-electron chi connectivity index (χ3n) is 3.36. The van der Waals surface area contributed by atoms with E-state index >= 15 is 0 Å². The van der Waals surface area contributed by atoms with Crippen LogP contribution in [-0.2, 0) is 0 Å². The maximum Gasteiger partial charge on any atom is 0.323 e. The maximum atomic E-state index is 13.4. The van der Waals surface area contributed by atoms with Crippen molar-refractivity contribution in [3.05, 3.63) is 64.4 Å². The van der Waals surface area contributed by atoms with E-state index in [0.717, 1.165) is 21.5 Å². The molecule has 0 unspecified atom stereocenters. The van der Waals surface area contributed by atoms with Crippen LogP contribution >= 0.6 is 27.7 Å². The third-order valence-corrected chi connectivity index (χ3v) is 5.12. The molecule has 6 heteroatoms. The number of hydrogen-bond acceptors (Lipinski definition) is 2. The van der Waals surface area contributed by atoms with Gasteiger partial charge in [-0.15, -0.1) is 11.8 Å². The number of carbonyl (C=O) groups is 1. The highest BCUT2D eigenvalue weighted by Gasteiger charge is 2.30. The quantitative estimate of drug-likeness (QED) is 0.805. The zero-order valence-electron chi connectivity index (χ0n) is 11.6. The topological polar surface area (TPSA) is 32.3 Å². The molecule has 1 saturated heterocycles. The Bertz CT molecular complexity index is 697. The Kier molecular flexibility index (Phi) is 4.69. The number of anilines is 1. The van der Waals surface area contributed by atoms with Crippen molar-refractivity contribution in [3.63, 3.8) is 0 Å². The molecule has 3 nitrogen and oxygen atoms in total. The van der Waals surface area contributed by atoms with Crippen molar-refractivity contribution in [2.45, 2.75) is 5.37 Å². The van der Waals surface area contributed by atoms with Crippen LogP contribution in [0.15, 0.2) is 53.0 Å². The fraction of sp³-hybridized carbons (Fsp3) is 0.188. The van der Waals surface area contributed by atoms with Gasteiger partial charge < -0.3 is 10.2 Å². The molecule has 0 aliphatic carbocycles. The second-order valence-electron chi connectivity index (χ2n) is 4.91. The largest absolute Gasteiger partial charge is 0.323 e. The molecular weight excluding hydrogens is 367 g/mol. The number of hydrogen-bond donors (Lipinski definition) is 1. The summed E-state index contributed by atoms with van der Waals surface area (Å²) >= 11 is 5.02. The smallest absolute Gasteiger partial charge is 0.308 e. The van der Waals surface area contributed by atoms with E-state index in [1.165, 1.54) is 12.1 Å². The molecule has 1 atom stereocenters. The van der Waals surface area contributed by atoms with Crippen LogP contribution < -0.4 is 5.32 Å². The monoisotopic (exact) mass is 380 g/mol. The molecule has 0 radical (unpaired) electrons. The van der Waals surface area contributed by atoms with E-state index in [1.54, 1.807) is 22.7 Å². The maximum absolute atomic E-state index is 13.4. The first-order valence-corrected chi connectivity index (χ1v) is 8.68. The first kappa shape index (κ1) is 15.4. The normalized spacial score (nSPS) is 17.5. The Morgan fingerprint density at radius 2 is 2.09 bits per heavy atom. The fourth-order valence-electron chi connectivity index (χ4n) is 2.38. The summed E-state index contributed by atoms with van der Waals surface area (Å²) < 4.78 is 14.3. The van der Waals surface area contributed by atoms with Crippen LogP contribution in [0.3, 0.4) is 0 Å². The number of rotatable bonds is 2. The number of benzene rings is 2. The highest BCUT2D eigenvalue weighted by Crippen LogP contribution is 2.38. The summed E-state index contributed by atoms with van der Waals surface area (Å²) in [6.07, 6.45) is 0. The lowest BCUT2D eigenvalue weighted by atomic mass is 10.2. The molecule has 0 bridgehead atoms. The summed E-state index contributed by atoms with van der Waals surface area (Å²) in [7, 11) is 0. The van der Waals surface area contributed by atoms with E-state index in [4.69, 9.17) is 0 Å². The summed E-state index contributed by atoms with van der Waals surface area (Å²) in [5.74, 6) is 0.560. The average Bonchev–Trinajstić information content (AvgIpc) is 2.97. The van der Waals surface area contributed by atoms with Crippen LogP contribution in [0.25, 0.3) is 0 Å². The van der Waals surface area contributed by atoms with Crippen molar-refractivity contribution in [2.75, 3.05) is 17.6 Å². The molecule has 0 saturated carbocycles. The van der Waals surface area contributed by atoms with Gasteiger partial charge in [-0.1, -0.05) is 34.1 Å². The van der Waals surface area contributed by atoms with E-state index < -0.39 is 0 Å². The third kappa shape index (κ3) is 3.44. The van der Waals surface area contributed by atoms with Gasteiger partial charge in [0.25, 0.3) is 0 Å². The number of halogens is 2. The SMILES string of the molecule is O=C(Nc1cccc(Br)c1)N1CCS[C@H]1c1cccc(F)c1. The van der Waals surface area contributed by atoms with Gasteiger partial charge in [0.2, 0.25) is 0 Å². The van der Waals surface area contributed by atoms with Crippen molar-refractivity contribution in [1.82, 2.24) is 4.90 Å². The molecule has 114 valence electrons. The van der Waals surface area contributed by atoms with Crippen molar-refractivity contribution >= 4 is 39.4 Å². The predicted octanol–water partition coefficient (Wildman–Crippen LogP) is 4.87. The van der Waals surface area contributed by atoms with Gasteiger partial charge >= 0.3 is 6.03 Å². The summed E-state index contributed by atoms with van der Waals surface area (Å²) in [6, 6.07) is 13.7. The van der Waals surface area contributed by atoms with Gasteiger partial charge in [0.1, 0.15) is 11.2 Å². The van der Waals surface area contributed by atoms with E-state index in [0.29, 0.717) is 6.54 Å². The van der Waals surface area contributed by atoms with Crippen LogP contribution in [0.2, 0.25) is 0 Å². The Morgan fingerprint density at radius 1 is 1.27 bits per heavy atom. The Labute approximate surface area is 141 Å². The van der Waals surface area contributed by atoms with Crippen LogP contribution in [0, 0.1) is 5.82 Å². The zero-order chi connectivity index (χ0) is 15.5. The van der Waals surface area contributed by atoms with Crippen molar-refractivity contribution < 1.29 is 9.18 Å². The molecule has 3 rings (SSSR count). The number of thioether (sulfide) groups is 1. The van der Waals surface area contributed by atoms with Gasteiger partial charge in [0, 0.05) is 22.5 Å². The first-order chi connectivity index (χ1) is 10.6. The Hall–Kier alpha value is -1.53. The Morgan fingerprint density at radius 3 is 2.86 bits per heavy atom. The number of urea groups is 1. The minimum atomic E-state index is -0.280. The minimum Gasteiger partial charge on any atom is -0.308 e. The molecule has 22 heavy (non-hydrogen) atoms. The number of nitrogens with zero attached hydrogens (tertiary/aromatic N) is 1. The van der Waals surface area contributed by atoms with E-state index in [1.807, 2.05) is 30.3 Å². The van der Waals surface area contributed by atoms with Gasteiger partial charge in [-0.3, -0.25) is 0 Å². The van der Waals surface area contributed by atoms with Gasteiger partial charge in [0.15, 0.2) is 0 Å². The number of nitrogens with one attached hydrogen (secondary N) is 1. The summed E-state index contributed by atoms with van der Waals surface area (Å²) in [6.45, 7) is 0.645. The second-order valence-corrected chi connectivity index (χ2v) is 7.02.